The first-order valence-corrected chi connectivity index (χ1v) is 30.4. The summed E-state index contributed by atoms with van der Waals surface area (Å²) in [6.45, 7) is 17.6. The molecule has 0 amide bonds. The zero-order valence-corrected chi connectivity index (χ0v) is 53.1. The fraction of sp³-hybridized carbons (Fsp3) is 0.200. The van der Waals surface area contributed by atoms with Crippen LogP contribution < -0.4 is 80.0 Å². The molecule has 16 heterocycles. The highest BCUT2D eigenvalue weighted by molar-refractivity contribution is 6.78. The van der Waals surface area contributed by atoms with Crippen molar-refractivity contribution in [1.29, 1.82) is 0 Å². The van der Waals surface area contributed by atoms with Gasteiger partial charge < -0.3 is 17.7 Å². The third-order valence-corrected chi connectivity index (χ3v) is 17.3. The smallest absolute Gasteiger partial charge is 0.405 e. The molecule has 4 aliphatic rings. The first-order valence-electron chi connectivity index (χ1n) is 31.9. The lowest BCUT2D eigenvalue weighted by atomic mass is 9.61. The second-order valence-electron chi connectivity index (χ2n) is 24.0. The summed E-state index contributed by atoms with van der Waals surface area (Å²) in [6.07, 6.45) is 23.6. The number of hydrogen-bond donors (Lipinski definition) is 0. The van der Waals surface area contributed by atoms with Crippen molar-refractivity contribution in [2.45, 2.75) is 68.8 Å². The lowest BCUT2D eigenvalue weighted by molar-refractivity contribution is -0.658. The summed E-state index contributed by atoms with van der Waals surface area (Å²) in [7, 11) is 8.10. The minimum absolute atomic E-state index is 0.0623. The Hall–Kier alpha value is -10.2. The Morgan fingerprint density at radius 2 is 0.767 bits per heavy atom. The Morgan fingerprint density at radius 1 is 0.378 bits per heavy atom. The summed E-state index contributed by atoms with van der Waals surface area (Å²) in [5, 5.41) is 8.49. The fourth-order valence-electron chi connectivity index (χ4n) is 12.3. The van der Waals surface area contributed by atoms with Gasteiger partial charge in [-0.2, -0.15) is 0 Å². The third kappa shape index (κ3) is 11.0. The van der Waals surface area contributed by atoms with Gasteiger partial charge in [-0.1, -0.05) is 5.98 Å². The van der Waals surface area contributed by atoms with E-state index in [0.29, 0.717) is 28.4 Å². The number of fused-ring (bicyclic) bond motifs is 12. The molecule has 0 atom stereocenters. The number of pyridine rings is 8. The van der Waals surface area contributed by atoms with E-state index in [1.165, 1.54) is 22.3 Å². The van der Waals surface area contributed by atoms with Gasteiger partial charge in [-0.25, -0.2) is 38.2 Å². The molecule has 0 bridgehead atoms. The van der Waals surface area contributed by atoms with Crippen molar-refractivity contribution in [1.82, 2.24) is 19.9 Å². The van der Waals surface area contributed by atoms with Gasteiger partial charge in [0.2, 0.25) is 22.9 Å². The SMILES string of the molecule is CB1C=c2c(oc3ncccc23)=CN1c1cc(C)c(C)c[n+]1C.CB1C=c2oc3ncccc3c2=CN1c1cc(C)cc[n+]1C.CB1C=c2oc3ncccc3c2=CN1c1ccc(C)c[n+]1C.[2H]C([2H])([2H])c1c[n+](C)c(N2C=c3c(oc4ncccc34)=CB2C)cc1C. The maximum Gasteiger partial charge on any atom is 0.405 e. The molecule has 0 aliphatic carbocycles. The van der Waals surface area contributed by atoms with Crippen LogP contribution in [0.4, 0.5) is 23.3 Å². The van der Waals surface area contributed by atoms with Crippen molar-refractivity contribution in [3.05, 3.63) is 210 Å². The maximum atomic E-state index is 7.70. The standard InChI is InChI=1S/2C18H19BN3O.2C17H17BN3O/c1-12-8-17(21(4)10-13(12)2)22-11-15-14-6-5-7-20-18(14)23-16(15)9-19(22)3;1-12-8-17(21(4)10-13(12)2)22-11-16-15(9-19(22)3)14-6-5-7-20-18(14)23-16;1-12-6-7-16(20(3)10-12)21-11-14-13-5-4-8-19-17(13)22-15(14)9-18(21)2;1-12-6-8-20(3)16(9-12)21-11-14-13-5-4-7-19-17(13)22-15(14)10-18(21)2/h2*5-11H,1-4H3;2*4-11H,1-3H3/q4*+1/i2D3;;;. The zero-order valence-electron chi connectivity index (χ0n) is 56.1. The highest BCUT2D eigenvalue weighted by Crippen LogP contribution is 2.22. The Labute approximate surface area is 527 Å². The predicted octanol–water partition coefficient (Wildman–Crippen LogP) is 5.26. The summed E-state index contributed by atoms with van der Waals surface area (Å²) in [5.74, 6) is 13.0. The molecule has 4 aliphatic heterocycles. The van der Waals surface area contributed by atoms with Crippen molar-refractivity contribution in [2.75, 3.05) is 19.2 Å². The average Bonchev–Trinajstić information content (AvgIpc) is 1.67. The van der Waals surface area contributed by atoms with Crippen LogP contribution in [0.15, 0.2) is 152 Å². The molecule has 444 valence electrons. The second kappa shape index (κ2) is 23.7. The molecule has 0 saturated carbocycles. The minimum Gasteiger partial charge on any atom is -0.439 e. The van der Waals surface area contributed by atoms with Crippen LogP contribution in [-0.2, 0) is 28.2 Å². The van der Waals surface area contributed by atoms with Crippen LogP contribution in [-0.4, -0.2) is 47.3 Å². The van der Waals surface area contributed by atoms with Gasteiger partial charge in [0.05, 0.1) is 103 Å². The number of nitrogens with zero attached hydrogens (tertiary/aromatic N) is 12. The predicted molar refractivity (Wildman–Crippen MR) is 364 cm³/mol. The monoisotopic (exact) mass is 1190 g/mol. The van der Waals surface area contributed by atoms with Crippen LogP contribution >= 0.6 is 0 Å². The van der Waals surface area contributed by atoms with Crippen LogP contribution in [0.2, 0.25) is 27.3 Å². The number of hydrogen-bond acceptors (Lipinski definition) is 12. The van der Waals surface area contributed by atoms with Gasteiger partial charge in [0, 0.05) is 63.8 Å². The molecular formula is C70H72B4N12O4+4. The van der Waals surface area contributed by atoms with E-state index in [4.69, 9.17) is 21.8 Å². The Balaban J connectivity index is 0.000000113. The maximum absolute atomic E-state index is 7.70. The highest BCUT2D eigenvalue weighted by atomic mass is 16.3. The van der Waals surface area contributed by atoms with Gasteiger partial charge in [0.1, 0.15) is 22.4 Å². The Morgan fingerprint density at radius 3 is 1.23 bits per heavy atom. The highest BCUT2D eigenvalue weighted by Gasteiger charge is 2.34. The molecule has 90 heavy (non-hydrogen) atoms. The van der Waals surface area contributed by atoms with Crippen molar-refractivity contribution in [3.8, 4) is 0 Å². The molecule has 0 N–H and O–H groups in total. The Kier molecular flexibility index (Phi) is 14.5. The first kappa shape index (κ1) is 55.1. The molecule has 12 aromatic heterocycles. The summed E-state index contributed by atoms with van der Waals surface area (Å²) in [5.41, 5.74) is 12.4. The van der Waals surface area contributed by atoms with Gasteiger partial charge in [-0.05, 0) is 181 Å². The molecule has 0 fully saturated rings. The summed E-state index contributed by atoms with van der Waals surface area (Å²) in [4.78, 5) is 26.1. The molecule has 16 rings (SSSR count). The van der Waals surface area contributed by atoms with Crippen molar-refractivity contribution in [2.24, 2.45) is 28.2 Å². The molecule has 20 heteroatoms. The van der Waals surface area contributed by atoms with E-state index in [2.05, 4.69) is 245 Å². The van der Waals surface area contributed by atoms with E-state index in [-0.39, 0.29) is 27.4 Å². The summed E-state index contributed by atoms with van der Waals surface area (Å²) < 4.78 is 55.0. The van der Waals surface area contributed by atoms with Crippen molar-refractivity contribution < 1.29 is 40.0 Å². The lowest BCUT2D eigenvalue weighted by Crippen LogP contribution is -2.47. The molecule has 16 nitrogen and oxygen atoms in total. The first-order chi connectivity index (χ1) is 44.6. The van der Waals surface area contributed by atoms with Gasteiger partial charge >= 0.3 is 27.4 Å². The van der Waals surface area contributed by atoms with Crippen molar-refractivity contribution >= 4 is 144 Å². The fourth-order valence-corrected chi connectivity index (χ4v) is 12.3. The van der Waals surface area contributed by atoms with E-state index < -0.39 is 6.85 Å². The van der Waals surface area contributed by atoms with Crippen LogP contribution in [0.25, 0.3) is 93.1 Å². The summed E-state index contributed by atoms with van der Waals surface area (Å²) >= 11 is 0. The van der Waals surface area contributed by atoms with E-state index in [1.54, 1.807) is 31.0 Å². The molecule has 0 aromatic carbocycles. The topological polar surface area (TPSA) is 133 Å². The van der Waals surface area contributed by atoms with E-state index in [9.17, 15) is 0 Å². The van der Waals surface area contributed by atoms with Gasteiger partial charge in [-0.3, -0.25) is 19.2 Å². The molecule has 0 radical (unpaired) electrons. The Bertz CT molecular complexity index is 5520. The number of furan rings is 4. The van der Waals surface area contributed by atoms with Crippen LogP contribution in [0.1, 0.15) is 37.5 Å². The number of aromatic nitrogens is 8. The van der Waals surface area contributed by atoms with E-state index in [0.717, 1.165) is 92.9 Å². The summed E-state index contributed by atoms with van der Waals surface area (Å²) in [6, 6.07) is 28.7. The molecule has 12 aromatic rings. The number of rotatable bonds is 4. The zero-order chi connectivity index (χ0) is 65.3. The van der Waals surface area contributed by atoms with Crippen LogP contribution in [0, 0.1) is 41.5 Å². The van der Waals surface area contributed by atoms with Crippen LogP contribution in [0.3, 0.4) is 0 Å². The third-order valence-electron chi connectivity index (χ3n) is 17.3. The minimum atomic E-state index is -2.12. The molecule has 0 unspecified atom stereocenters. The van der Waals surface area contributed by atoms with Gasteiger partial charge in [0.15, 0.2) is 5.42 Å². The van der Waals surface area contributed by atoms with Gasteiger partial charge in [0.25, 0.3) is 23.3 Å². The van der Waals surface area contributed by atoms with E-state index >= 15 is 0 Å². The molecule has 0 saturated heterocycles. The number of anilines is 4. The molecular weight excluding hydrogens is 1120 g/mol. The van der Waals surface area contributed by atoms with Gasteiger partial charge in [-0.15, -0.1) is 0 Å². The largest absolute Gasteiger partial charge is 0.439 e. The number of aryl methyl sites for hydroxylation is 10. The van der Waals surface area contributed by atoms with Crippen LogP contribution in [0.5, 0.6) is 0 Å². The van der Waals surface area contributed by atoms with Crippen molar-refractivity contribution in [3.63, 3.8) is 0 Å². The molecule has 0 spiro atoms. The lowest BCUT2D eigenvalue weighted by Gasteiger charge is -2.19. The average molecular weight is 1190 g/mol. The van der Waals surface area contributed by atoms with E-state index in [1.807, 2.05) is 54.9 Å². The normalized spacial score (nSPS) is 14.4. The second-order valence-corrected chi connectivity index (χ2v) is 24.0. The quantitative estimate of drug-likeness (QED) is 0.168.